The second kappa shape index (κ2) is 4.85. The summed E-state index contributed by atoms with van der Waals surface area (Å²) >= 11 is 5.86. The van der Waals surface area contributed by atoms with Crippen LogP contribution >= 0.6 is 11.6 Å². The van der Waals surface area contributed by atoms with E-state index in [1.165, 1.54) is 0 Å². The number of rotatable bonds is 3. The van der Waals surface area contributed by atoms with Crippen LogP contribution in [0.1, 0.15) is 12.5 Å². The van der Waals surface area contributed by atoms with Gasteiger partial charge in [-0.3, -0.25) is 0 Å². The van der Waals surface area contributed by atoms with E-state index in [0.717, 1.165) is 0 Å². The highest BCUT2D eigenvalue weighted by molar-refractivity contribution is 6.32. The Morgan fingerprint density at radius 1 is 1.64 bits per heavy atom. The molecular formula is C10H10ClNO2. The molecule has 0 heterocycles. The summed E-state index contributed by atoms with van der Waals surface area (Å²) in [6, 6.07) is 6.89. The summed E-state index contributed by atoms with van der Waals surface area (Å²) in [7, 11) is 0. The maximum Gasteiger partial charge on any atom is 0.181 e. The van der Waals surface area contributed by atoms with Crippen molar-refractivity contribution in [2.24, 2.45) is 0 Å². The zero-order chi connectivity index (χ0) is 10.6. The fourth-order valence-electron chi connectivity index (χ4n) is 0.955. The lowest BCUT2D eigenvalue weighted by Gasteiger charge is -2.09. The van der Waals surface area contributed by atoms with Gasteiger partial charge in [0.15, 0.2) is 6.10 Å². The number of aliphatic hydroxyl groups excluding tert-OH is 1. The number of aliphatic hydroxyl groups is 1. The molecule has 0 aromatic heterocycles. The summed E-state index contributed by atoms with van der Waals surface area (Å²) in [5.74, 6) is 0.456. The van der Waals surface area contributed by atoms with Crippen LogP contribution in [0.25, 0.3) is 0 Å². The average molecular weight is 212 g/mol. The molecule has 0 fully saturated rings. The molecule has 3 nitrogen and oxygen atoms in total. The van der Waals surface area contributed by atoms with Crippen molar-refractivity contribution >= 4 is 11.6 Å². The summed E-state index contributed by atoms with van der Waals surface area (Å²) in [4.78, 5) is 0. The number of nitrogens with zero attached hydrogens (tertiary/aromatic N) is 1. The summed E-state index contributed by atoms with van der Waals surface area (Å²) in [5, 5.41) is 17.8. The normalized spacial score (nSPS) is 11.9. The Hall–Kier alpha value is -1.24. The molecule has 0 saturated heterocycles. The van der Waals surface area contributed by atoms with E-state index in [2.05, 4.69) is 0 Å². The van der Waals surface area contributed by atoms with Crippen molar-refractivity contribution in [3.8, 4) is 11.8 Å². The van der Waals surface area contributed by atoms with Crippen LogP contribution in [0.4, 0.5) is 0 Å². The maximum absolute atomic E-state index is 8.83. The van der Waals surface area contributed by atoms with Gasteiger partial charge in [0.05, 0.1) is 11.6 Å². The second-order valence-electron chi connectivity index (χ2n) is 2.81. The predicted octanol–water partition coefficient (Wildman–Crippen LogP) is 2.12. The molecule has 0 aliphatic rings. The lowest BCUT2D eigenvalue weighted by molar-refractivity contribution is 0.273. The van der Waals surface area contributed by atoms with E-state index in [1.807, 2.05) is 6.07 Å². The standard InChI is InChI=1S/C10H10ClNO2/c1-7(5-12)14-10-3-2-8(6-13)4-9(10)11/h2-4,7,13H,6H2,1H3. The zero-order valence-corrected chi connectivity index (χ0v) is 8.45. The van der Waals surface area contributed by atoms with E-state index in [0.29, 0.717) is 16.3 Å². The lowest BCUT2D eigenvalue weighted by atomic mass is 10.2. The van der Waals surface area contributed by atoms with Crippen LogP contribution in [0.5, 0.6) is 5.75 Å². The van der Waals surface area contributed by atoms with Gasteiger partial charge in [-0.05, 0) is 24.6 Å². The first-order chi connectivity index (χ1) is 6.67. The minimum Gasteiger partial charge on any atom is -0.474 e. The smallest absolute Gasteiger partial charge is 0.181 e. The molecule has 1 aromatic carbocycles. The minimum absolute atomic E-state index is 0.0617. The van der Waals surface area contributed by atoms with Crippen LogP contribution in [0.15, 0.2) is 18.2 Å². The Labute approximate surface area is 87.5 Å². The molecule has 0 amide bonds. The molecule has 1 rings (SSSR count). The number of benzene rings is 1. The van der Waals surface area contributed by atoms with Gasteiger partial charge >= 0.3 is 0 Å². The topological polar surface area (TPSA) is 53.2 Å². The third-order valence-electron chi connectivity index (χ3n) is 1.66. The summed E-state index contributed by atoms with van der Waals surface area (Å²) < 4.78 is 5.22. The zero-order valence-electron chi connectivity index (χ0n) is 7.70. The first kappa shape index (κ1) is 10.8. The van der Waals surface area contributed by atoms with Crippen LogP contribution in [0.3, 0.4) is 0 Å². The van der Waals surface area contributed by atoms with Gasteiger partial charge in [-0.2, -0.15) is 5.26 Å². The number of nitriles is 1. The van der Waals surface area contributed by atoms with Crippen LogP contribution in [-0.4, -0.2) is 11.2 Å². The molecule has 4 heteroatoms. The number of hydrogen-bond donors (Lipinski definition) is 1. The van der Waals surface area contributed by atoms with Crippen LogP contribution < -0.4 is 4.74 Å². The number of ether oxygens (including phenoxy) is 1. The van der Waals surface area contributed by atoms with Crippen molar-refractivity contribution in [1.82, 2.24) is 0 Å². The molecule has 1 aromatic rings. The third-order valence-corrected chi connectivity index (χ3v) is 1.96. The number of hydrogen-bond acceptors (Lipinski definition) is 3. The molecule has 14 heavy (non-hydrogen) atoms. The second-order valence-corrected chi connectivity index (χ2v) is 3.22. The van der Waals surface area contributed by atoms with E-state index < -0.39 is 6.10 Å². The van der Waals surface area contributed by atoms with E-state index in [1.54, 1.807) is 25.1 Å². The molecule has 1 N–H and O–H groups in total. The Bertz CT molecular complexity index is 360. The fraction of sp³-hybridized carbons (Fsp3) is 0.300. The highest BCUT2D eigenvalue weighted by atomic mass is 35.5. The first-order valence-electron chi connectivity index (χ1n) is 4.13. The van der Waals surface area contributed by atoms with Crippen LogP contribution in [0.2, 0.25) is 5.02 Å². The van der Waals surface area contributed by atoms with Gasteiger partial charge in [0.2, 0.25) is 0 Å². The molecule has 74 valence electrons. The van der Waals surface area contributed by atoms with E-state index in [4.69, 9.17) is 26.7 Å². The van der Waals surface area contributed by atoms with Gasteiger partial charge in [0.1, 0.15) is 11.8 Å². The molecule has 0 spiro atoms. The Morgan fingerprint density at radius 3 is 2.86 bits per heavy atom. The first-order valence-corrected chi connectivity index (χ1v) is 4.50. The monoisotopic (exact) mass is 211 g/mol. The van der Waals surface area contributed by atoms with E-state index in [-0.39, 0.29) is 6.61 Å². The van der Waals surface area contributed by atoms with Crippen molar-refractivity contribution < 1.29 is 9.84 Å². The van der Waals surface area contributed by atoms with Gasteiger partial charge in [-0.25, -0.2) is 0 Å². The average Bonchev–Trinajstić information content (AvgIpc) is 2.20. The third kappa shape index (κ3) is 2.63. The molecule has 0 saturated carbocycles. The Morgan fingerprint density at radius 2 is 2.36 bits per heavy atom. The van der Waals surface area contributed by atoms with Crippen molar-refractivity contribution in [1.29, 1.82) is 5.26 Å². The SMILES string of the molecule is CC(C#N)Oc1ccc(CO)cc1Cl. The van der Waals surface area contributed by atoms with Gasteiger partial charge < -0.3 is 9.84 Å². The quantitative estimate of drug-likeness (QED) is 0.833. The van der Waals surface area contributed by atoms with Gasteiger partial charge in [-0.1, -0.05) is 17.7 Å². The Kier molecular flexibility index (Phi) is 3.75. The van der Waals surface area contributed by atoms with Crippen molar-refractivity contribution in [2.75, 3.05) is 0 Å². The van der Waals surface area contributed by atoms with E-state index in [9.17, 15) is 0 Å². The molecule has 1 unspecified atom stereocenters. The molecule has 0 radical (unpaired) electrons. The largest absolute Gasteiger partial charge is 0.474 e. The highest BCUT2D eigenvalue weighted by Gasteiger charge is 2.06. The number of halogens is 1. The molecule has 0 aliphatic heterocycles. The highest BCUT2D eigenvalue weighted by Crippen LogP contribution is 2.26. The predicted molar refractivity (Wildman–Crippen MR) is 53.1 cm³/mol. The lowest BCUT2D eigenvalue weighted by Crippen LogP contribution is -2.08. The van der Waals surface area contributed by atoms with Crippen molar-refractivity contribution in [2.45, 2.75) is 19.6 Å². The van der Waals surface area contributed by atoms with E-state index >= 15 is 0 Å². The van der Waals surface area contributed by atoms with Crippen LogP contribution in [-0.2, 0) is 6.61 Å². The van der Waals surface area contributed by atoms with Gasteiger partial charge in [-0.15, -0.1) is 0 Å². The van der Waals surface area contributed by atoms with Crippen molar-refractivity contribution in [3.63, 3.8) is 0 Å². The summed E-state index contributed by atoms with van der Waals surface area (Å²) in [6.45, 7) is 1.57. The van der Waals surface area contributed by atoms with Crippen molar-refractivity contribution in [3.05, 3.63) is 28.8 Å². The summed E-state index contributed by atoms with van der Waals surface area (Å²) in [5.41, 5.74) is 0.715. The van der Waals surface area contributed by atoms with Gasteiger partial charge in [0.25, 0.3) is 0 Å². The van der Waals surface area contributed by atoms with Crippen LogP contribution in [0, 0.1) is 11.3 Å². The Balaban J connectivity index is 2.85. The van der Waals surface area contributed by atoms with Gasteiger partial charge in [0, 0.05) is 0 Å². The fourth-order valence-corrected chi connectivity index (χ4v) is 1.20. The minimum atomic E-state index is -0.535. The summed E-state index contributed by atoms with van der Waals surface area (Å²) in [6.07, 6.45) is -0.535. The maximum atomic E-state index is 8.83. The molecular weight excluding hydrogens is 202 g/mol. The molecule has 1 atom stereocenters. The molecule has 0 aliphatic carbocycles. The molecule has 0 bridgehead atoms.